The molecule has 0 aliphatic carbocycles. The highest BCUT2D eigenvalue weighted by Crippen LogP contribution is 2.37. The second kappa shape index (κ2) is 12.4. The van der Waals surface area contributed by atoms with Crippen molar-refractivity contribution in [2.75, 3.05) is 46.3 Å². The van der Waals surface area contributed by atoms with Crippen molar-refractivity contribution in [3.8, 4) is 28.7 Å². The second-order valence-corrected chi connectivity index (χ2v) is 9.95. The Morgan fingerprint density at radius 3 is 2.51 bits per heavy atom. The fraction of sp³-hybridized carbons (Fsp3) is 0.367. The summed E-state index contributed by atoms with van der Waals surface area (Å²) < 4.78 is 39.4. The molecule has 1 aliphatic heterocycles. The summed E-state index contributed by atoms with van der Waals surface area (Å²) in [5, 5.41) is 7.78. The fourth-order valence-electron chi connectivity index (χ4n) is 4.99. The Morgan fingerprint density at radius 1 is 1.05 bits per heavy atom. The van der Waals surface area contributed by atoms with Crippen LogP contribution in [0.3, 0.4) is 0 Å². The van der Waals surface area contributed by atoms with E-state index < -0.39 is 11.7 Å². The lowest BCUT2D eigenvalue weighted by atomic mass is 9.97. The molecular weight excluding hydrogens is 529 g/mol. The number of nitrogens with one attached hydrogen (secondary N) is 1. The average Bonchev–Trinajstić information content (AvgIpc) is 3.37. The van der Waals surface area contributed by atoms with Crippen molar-refractivity contribution in [3.63, 3.8) is 0 Å². The molecule has 0 bridgehead atoms. The van der Waals surface area contributed by atoms with Crippen LogP contribution in [0.4, 0.5) is 10.1 Å². The van der Waals surface area contributed by atoms with Gasteiger partial charge in [-0.1, -0.05) is 0 Å². The van der Waals surface area contributed by atoms with Crippen LogP contribution in [-0.2, 0) is 6.54 Å². The first kappa shape index (κ1) is 28.2. The van der Waals surface area contributed by atoms with Crippen LogP contribution in [0.15, 0.2) is 48.8 Å². The molecule has 1 N–H and O–H groups in total. The molecule has 1 amide bonds. The SMILES string of the molecule is CCOc1cnn(CC2CCN(C)CC2)c1C(=O)Nc1ccc(Oc2ccnc3cc(OC)c(OC)cc23)cc1F. The number of hydrogen-bond acceptors (Lipinski definition) is 8. The molecule has 0 spiro atoms. The van der Waals surface area contributed by atoms with E-state index in [4.69, 9.17) is 18.9 Å². The number of amides is 1. The highest BCUT2D eigenvalue weighted by atomic mass is 19.1. The van der Waals surface area contributed by atoms with Gasteiger partial charge in [0.15, 0.2) is 22.9 Å². The predicted octanol–water partition coefficient (Wildman–Crippen LogP) is 5.37. The highest BCUT2D eigenvalue weighted by molar-refractivity contribution is 6.05. The zero-order valence-corrected chi connectivity index (χ0v) is 23.6. The summed E-state index contributed by atoms with van der Waals surface area (Å²) in [7, 11) is 5.20. The van der Waals surface area contributed by atoms with Crippen molar-refractivity contribution >= 4 is 22.5 Å². The second-order valence-electron chi connectivity index (χ2n) is 9.95. The van der Waals surface area contributed by atoms with Crippen molar-refractivity contribution < 1.29 is 28.1 Å². The van der Waals surface area contributed by atoms with Gasteiger partial charge in [-0.25, -0.2) is 4.39 Å². The van der Waals surface area contributed by atoms with Crippen molar-refractivity contribution in [1.82, 2.24) is 19.7 Å². The highest BCUT2D eigenvalue weighted by Gasteiger charge is 2.25. The molecule has 1 fully saturated rings. The molecule has 11 heteroatoms. The molecule has 41 heavy (non-hydrogen) atoms. The maximum absolute atomic E-state index is 15.2. The Morgan fingerprint density at radius 2 is 1.80 bits per heavy atom. The number of halogens is 1. The summed E-state index contributed by atoms with van der Waals surface area (Å²) in [5.74, 6) is 1.40. The van der Waals surface area contributed by atoms with Crippen LogP contribution >= 0.6 is 0 Å². The number of piperidine rings is 1. The van der Waals surface area contributed by atoms with Gasteiger partial charge in [0.2, 0.25) is 0 Å². The van der Waals surface area contributed by atoms with Crippen LogP contribution in [0.25, 0.3) is 10.9 Å². The number of carbonyl (C=O) groups is 1. The Kier molecular flexibility index (Phi) is 8.53. The van der Waals surface area contributed by atoms with Gasteiger partial charge < -0.3 is 29.2 Å². The number of carbonyl (C=O) groups excluding carboxylic acids is 1. The van der Waals surface area contributed by atoms with Gasteiger partial charge >= 0.3 is 0 Å². The van der Waals surface area contributed by atoms with Gasteiger partial charge in [0.1, 0.15) is 17.3 Å². The van der Waals surface area contributed by atoms with Gasteiger partial charge in [-0.2, -0.15) is 5.10 Å². The Bertz CT molecular complexity index is 1530. The van der Waals surface area contributed by atoms with E-state index in [1.54, 1.807) is 55.6 Å². The van der Waals surface area contributed by atoms with Crippen molar-refractivity contribution in [1.29, 1.82) is 0 Å². The van der Waals surface area contributed by atoms with Gasteiger partial charge in [-0.3, -0.25) is 14.5 Å². The first-order chi connectivity index (χ1) is 19.9. The van der Waals surface area contributed by atoms with Crippen molar-refractivity contribution in [2.45, 2.75) is 26.3 Å². The molecule has 10 nitrogen and oxygen atoms in total. The molecule has 2 aromatic carbocycles. The van der Waals surface area contributed by atoms with Gasteiger partial charge in [0.25, 0.3) is 5.91 Å². The Labute approximate surface area is 238 Å². The Balaban J connectivity index is 1.35. The largest absolute Gasteiger partial charge is 0.493 e. The van der Waals surface area contributed by atoms with Crippen LogP contribution in [0.5, 0.6) is 28.7 Å². The maximum Gasteiger partial charge on any atom is 0.277 e. The number of benzene rings is 2. The van der Waals surface area contributed by atoms with E-state index in [1.807, 2.05) is 6.92 Å². The minimum atomic E-state index is -0.646. The molecular formula is C30H34FN5O5. The number of pyridine rings is 1. The smallest absolute Gasteiger partial charge is 0.277 e. The first-order valence-corrected chi connectivity index (χ1v) is 13.6. The minimum Gasteiger partial charge on any atom is -0.493 e. The number of hydrogen-bond donors (Lipinski definition) is 1. The zero-order valence-electron chi connectivity index (χ0n) is 23.6. The van der Waals surface area contributed by atoms with E-state index in [0.29, 0.717) is 53.0 Å². The number of methoxy groups -OCH3 is 2. The summed E-state index contributed by atoms with van der Waals surface area (Å²) >= 11 is 0. The van der Waals surface area contributed by atoms with Gasteiger partial charge in [-0.05, 0) is 70.1 Å². The van der Waals surface area contributed by atoms with E-state index in [-0.39, 0.29) is 17.1 Å². The standard InChI is InChI=1S/C30H34FN5O5/c1-5-40-28-17-33-36(18-19-9-12-35(2)13-10-19)29(28)30(37)34-23-7-6-20(14-22(23)31)41-25-8-11-32-24-16-27(39-4)26(38-3)15-21(24)25/h6-8,11,14-17,19H,5,9-10,12-13,18H2,1-4H3,(H,34,37). The quantitative estimate of drug-likeness (QED) is 0.275. The van der Waals surface area contributed by atoms with E-state index >= 15 is 4.39 Å². The summed E-state index contributed by atoms with van der Waals surface area (Å²) in [6.45, 7) is 4.82. The molecule has 2 aromatic heterocycles. The van der Waals surface area contributed by atoms with Crippen LogP contribution < -0.4 is 24.3 Å². The Hall–Kier alpha value is -4.38. The fourth-order valence-corrected chi connectivity index (χ4v) is 4.99. The average molecular weight is 564 g/mol. The summed E-state index contributed by atoms with van der Waals surface area (Å²) in [4.78, 5) is 20.0. The minimum absolute atomic E-state index is 0.0165. The molecule has 0 saturated carbocycles. The monoisotopic (exact) mass is 563 g/mol. The molecule has 1 aliphatic rings. The van der Waals surface area contributed by atoms with Gasteiger partial charge in [0.05, 0.1) is 38.2 Å². The van der Waals surface area contributed by atoms with E-state index in [2.05, 4.69) is 27.3 Å². The lowest BCUT2D eigenvalue weighted by Gasteiger charge is -2.29. The van der Waals surface area contributed by atoms with Gasteiger partial charge in [0, 0.05) is 30.3 Å². The molecule has 5 rings (SSSR count). The van der Waals surface area contributed by atoms with Crippen LogP contribution in [0.1, 0.15) is 30.3 Å². The van der Waals surface area contributed by atoms with Crippen LogP contribution in [0, 0.1) is 11.7 Å². The summed E-state index contributed by atoms with van der Waals surface area (Å²) in [6, 6.07) is 9.46. The molecule has 4 aromatic rings. The molecule has 0 radical (unpaired) electrons. The maximum atomic E-state index is 15.2. The number of anilines is 1. The van der Waals surface area contributed by atoms with E-state index in [0.717, 1.165) is 25.9 Å². The molecule has 216 valence electrons. The number of fused-ring (bicyclic) bond motifs is 1. The molecule has 0 atom stereocenters. The molecule has 1 saturated heterocycles. The van der Waals surface area contributed by atoms with Crippen molar-refractivity contribution in [2.24, 2.45) is 5.92 Å². The number of aromatic nitrogens is 3. The van der Waals surface area contributed by atoms with Crippen LogP contribution in [0.2, 0.25) is 0 Å². The number of likely N-dealkylation sites (tertiary alicyclic amines) is 1. The predicted molar refractivity (Wildman–Crippen MR) is 153 cm³/mol. The summed E-state index contributed by atoms with van der Waals surface area (Å²) in [6.07, 6.45) is 5.18. The summed E-state index contributed by atoms with van der Waals surface area (Å²) in [5.41, 5.74) is 0.924. The lowest BCUT2D eigenvalue weighted by molar-refractivity contribution is 0.100. The van der Waals surface area contributed by atoms with E-state index in [1.165, 1.54) is 12.1 Å². The zero-order chi connectivity index (χ0) is 28.9. The third-order valence-electron chi connectivity index (χ3n) is 7.21. The molecule has 0 unspecified atom stereocenters. The first-order valence-electron chi connectivity index (χ1n) is 13.6. The normalized spacial score (nSPS) is 14.2. The third-order valence-corrected chi connectivity index (χ3v) is 7.21. The third kappa shape index (κ3) is 6.19. The molecule has 3 heterocycles. The van der Waals surface area contributed by atoms with E-state index in [9.17, 15) is 4.79 Å². The van der Waals surface area contributed by atoms with Crippen molar-refractivity contribution in [3.05, 3.63) is 60.3 Å². The topological polar surface area (TPSA) is 100.0 Å². The van der Waals surface area contributed by atoms with Gasteiger partial charge in [-0.15, -0.1) is 0 Å². The number of ether oxygens (including phenoxy) is 4. The lowest BCUT2D eigenvalue weighted by Crippen LogP contribution is -2.32. The number of nitrogens with zero attached hydrogens (tertiary/aromatic N) is 4. The number of rotatable bonds is 10. The van der Waals surface area contributed by atoms with Crippen LogP contribution in [-0.4, -0.2) is 66.5 Å².